The van der Waals surface area contributed by atoms with E-state index in [2.05, 4.69) is 10.3 Å². The van der Waals surface area contributed by atoms with Gasteiger partial charge in [0.25, 0.3) is 0 Å². The van der Waals surface area contributed by atoms with Crippen LogP contribution in [0.4, 0.5) is 0 Å². The summed E-state index contributed by atoms with van der Waals surface area (Å²) in [7, 11) is 0. The minimum absolute atomic E-state index is 0.0137. The molecule has 0 fully saturated rings. The zero-order valence-corrected chi connectivity index (χ0v) is 6.70. The summed E-state index contributed by atoms with van der Waals surface area (Å²) in [5, 5.41) is 3.10. The highest BCUT2D eigenvalue weighted by atomic mass is 15.2. The molecule has 0 saturated heterocycles. The molecule has 2 rings (SSSR count). The topological polar surface area (TPSA) is 50.4 Å². The number of rotatable bonds is 1. The molecule has 3 nitrogen and oxygen atoms in total. The Morgan fingerprint density at radius 1 is 1.33 bits per heavy atom. The largest absolute Gasteiger partial charge is 0.353 e. The average molecular weight is 161 g/mol. The van der Waals surface area contributed by atoms with Gasteiger partial charge < -0.3 is 11.1 Å². The Kier molecular flexibility index (Phi) is 1.80. The average Bonchev–Trinajstić information content (AvgIpc) is 2.54. The molecule has 0 amide bonds. The molecule has 0 radical (unpaired) electrons. The van der Waals surface area contributed by atoms with Gasteiger partial charge in [-0.1, -0.05) is 30.3 Å². The van der Waals surface area contributed by atoms with E-state index >= 15 is 0 Å². The lowest BCUT2D eigenvalue weighted by molar-refractivity contribution is 0.691. The summed E-state index contributed by atoms with van der Waals surface area (Å²) < 4.78 is 0. The van der Waals surface area contributed by atoms with E-state index in [-0.39, 0.29) is 6.17 Å². The number of hydrogen-bond acceptors (Lipinski definition) is 3. The van der Waals surface area contributed by atoms with Crippen molar-refractivity contribution in [2.75, 3.05) is 6.54 Å². The highest BCUT2D eigenvalue weighted by Crippen LogP contribution is 2.03. The zero-order valence-electron chi connectivity index (χ0n) is 6.70. The van der Waals surface area contributed by atoms with Crippen molar-refractivity contribution in [2.24, 2.45) is 10.7 Å². The smallest absolute Gasteiger partial charge is 0.129 e. The highest BCUT2D eigenvalue weighted by Gasteiger charge is 2.13. The molecule has 1 aliphatic rings. The predicted octanol–water partition coefficient (Wildman–Crippen LogP) is 0.321. The van der Waals surface area contributed by atoms with E-state index in [4.69, 9.17) is 5.73 Å². The number of amidine groups is 1. The van der Waals surface area contributed by atoms with E-state index in [1.807, 2.05) is 30.3 Å². The summed E-state index contributed by atoms with van der Waals surface area (Å²) in [4.78, 5) is 4.27. The molecule has 12 heavy (non-hydrogen) atoms. The maximum Gasteiger partial charge on any atom is 0.129 e. The number of aliphatic imine (C=N–C) groups is 1. The quantitative estimate of drug-likeness (QED) is 0.623. The molecule has 0 saturated carbocycles. The van der Waals surface area contributed by atoms with Crippen molar-refractivity contribution < 1.29 is 0 Å². The molecular formula is C9H11N3. The number of nitrogens with one attached hydrogen (secondary N) is 1. The molecular weight excluding hydrogens is 150 g/mol. The van der Waals surface area contributed by atoms with Crippen LogP contribution in [-0.4, -0.2) is 18.5 Å². The van der Waals surface area contributed by atoms with Gasteiger partial charge in [0.15, 0.2) is 0 Å². The molecule has 1 atom stereocenters. The van der Waals surface area contributed by atoms with Crippen molar-refractivity contribution in [3.63, 3.8) is 0 Å². The highest BCUT2D eigenvalue weighted by molar-refractivity contribution is 5.99. The van der Waals surface area contributed by atoms with Crippen LogP contribution in [0.2, 0.25) is 0 Å². The molecule has 0 spiro atoms. The van der Waals surface area contributed by atoms with Crippen LogP contribution < -0.4 is 11.1 Å². The van der Waals surface area contributed by atoms with Gasteiger partial charge in [-0.05, 0) is 0 Å². The Labute approximate surface area is 71.3 Å². The van der Waals surface area contributed by atoms with Gasteiger partial charge in [0.1, 0.15) is 5.84 Å². The fourth-order valence-corrected chi connectivity index (χ4v) is 1.23. The number of benzene rings is 1. The van der Waals surface area contributed by atoms with Gasteiger partial charge in [0.2, 0.25) is 0 Å². The Bertz CT molecular complexity index is 292. The van der Waals surface area contributed by atoms with E-state index < -0.39 is 0 Å². The van der Waals surface area contributed by atoms with Crippen LogP contribution in [0.3, 0.4) is 0 Å². The lowest BCUT2D eigenvalue weighted by Gasteiger charge is -2.04. The SMILES string of the molecule is NC1CN=C(c2ccccc2)N1. The second kappa shape index (κ2) is 2.95. The number of nitrogens with zero attached hydrogens (tertiary/aromatic N) is 1. The van der Waals surface area contributed by atoms with Gasteiger partial charge >= 0.3 is 0 Å². The lowest BCUT2D eigenvalue weighted by Crippen LogP contribution is -2.37. The van der Waals surface area contributed by atoms with Crippen molar-refractivity contribution in [1.29, 1.82) is 0 Å². The number of hydrogen-bond donors (Lipinski definition) is 2. The first kappa shape index (κ1) is 7.31. The fraction of sp³-hybridized carbons (Fsp3) is 0.222. The van der Waals surface area contributed by atoms with Crippen LogP contribution in [0.15, 0.2) is 35.3 Å². The van der Waals surface area contributed by atoms with Crippen LogP contribution in [-0.2, 0) is 0 Å². The van der Waals surface area contributed by atoms with Gasteiger partial charge in [-0.3, -0.25) is 4.99 Å². The van der Waals surface area contributed by atoms with Crippen molar-refractivity contribution >= 4 is 5.84 Å². The maximum absolute atomic E-state index is 5.64. The second-order valence-corrected chi connectivity index (χ2v) is 2.81. The van der Waals surface area contributed by atoms with Crippen LogP contribution in [0.25, 0.3) is 0 Å². The normalized spacial score (nSPS) is 21.8. The molecule has 1 aromatic rings. The second-order valence-electron chi connectivity index (χ2n) is 2.81. The summed E-state index contributed by atoms with van der Waals surface area (Å²) in [5.41, 5.74) is 6.74. The lowest BCUT2D eigenvalue weighted by atomic mass is 10.2. The third-order valence-electron chi connectivity index (χ3n) is 1.82. The standard InChI is InChI=1S/C9H11N3/c10-8-6-11-9(12-8)7-4-2-1-3-5-7/h1-5,8H,6,10H2,(H,11,12). The van der Waals surface area contributed by atoms with Crippen LogP contribution in [0.5, 0.6) is 0 Å². The van der Waals surface area contributed by atoms with Crippen LogP contribution in [0.1, 0.15) is 5.56 Å². The monoisotopic (exact) mass is 161 g/mol. The van der Waals surface area contributed by atoms with E-state index in [1.165, 1.54) is 0 Å². The molecule has 0 aromatic heterocycles. The summed E-state index contributed by atoms with van der Waals surface area (Å²) in [6.45, 7) is 0.671. The van der Waals surface area contributed by atoms with Gasteiger partial charge in [0.05, 0.1) is 12.7 Å². The van der Waals surface area contributed by atoms with E-state index in [1.54, 1.807) is 0 Å². The molecule has 1 unspecified atom stereocenters. The van der Waals surface area contributed by atoms with Crippen LogP contribution in [0, 0.1) is 0 Å². The Morgan fingerprint density at radius 2 is 2.08 bits per heavy atom. The molecule has 0 aliphatic carbocycles. The summed E-state index contributed by atoms with van der Waals surface area (Å²) >= 11 is 0. The first-order valence-electron chi connectivity index (χ1n) is 3.98. The van der Waals surface area contributed by atoms with Gasteiger partial charge in [0, 0.05) is 5.56 Å². The number of nitrogens with two attached hydrogens (primary N) is 1. The van der Waals surface area contributed by atoms with Crippen LogP contribution >= 0.6 is 0 Å². The molecule has 3 heteroatoms. The molecule has 1 heterocycles. The predicted molar refractivity (Wildman–Crippen MR) is 49.0 cm³/mol. The van der Waals surface area contributed by atoms with Gasteiger partial charge in [-0.25, -0.2) is 0 Å². The zero-order chi connectivity index (χ0) is 8.39. The van der Waals surface area contributed by atoms with Crippen molar-refractivity contribution in [3.8, 4) is 0 Å². The first-order chi connectivity index (χ1) is 5.86. The van der Waals surface area contributed by atoms with Crippen molar-refractivity contribution in [3.05, 3.63) is 35.9 Å². The van der Waals surface area contributed by atoms with Gasteiger partial charge in [-0.15, -0.1) is 0 Å². The molecule has 62 valence electrons. The summed E-state index contributed by atoms with van der Waals surface area (Å²) in [6, 6.07) is 10.00. The Morgan fingerprint density at radius 3 is 2.67 bits per heavy atom. The molecule has 1 aliphatic heterocycles. The third kappa shape index (κ3) is 1.31. The molecule has 3 N–H and O–H groups in total. The minimum Gasteiger partial charge on any atom is -0.353 e. The third-order valence-corrected chi connectivity index (χ3v) is 1.82. The van der Waals surface area contributed by atoms with E-state index in [0.717, 1.165) is 11.4 Å². The van der Waals surface area contributed by atoms with Crippen molar-refractivity contribution in [1.82, 2.24) is 5.32 Å². The molecule has 0 bridgehead atoms. The summed E-state index contributed by atoms with van der Waals surface area (Å²) in [5.74, 6) is 0.906. The van der Waals surface area contributed by atoms with E-state index in [0.29, 0.717) is 6.54 Å². The summed E-state index contributed by atoms with van der Waals surface area (Å²) in [6.07, 6.45) is -0.0137. The Balaban J connectivity index is 2.22. The molecule has 1 aromatic carbocycles. The minimum atomic E-state index is -0.0137. The first-order valence-corrected chi connectivity index (χ1v) is 3.98. The fourth-order valence-electron chi connectivity index (χ4n) is 1.23. The Hall–Kier alpha value is -1.35. The van der Waals surface area contributed by atoms with E-state index in [9.17, 15) is 0 Å². The maximum atomic E-state index is 5.64. The van der Waals surface area contributed by atoms with Gasteiger partial charge in [-0.2, -0.15) is 0 Å². The van der Waals surface area contributed by atoms with Crippen molar-refractivity contribution in [2.45, 2.75) is 6.17 Å².